The van der Waals surface area contributed by atoms with Crippen molar-refractivity contribution in [3.05, 3.63) is 0 Å². The minimum Gasteiger partial charge on any atom is -0.481 e. The van der Waals surface area contributed by atoms with Crippen molar-refractivity contribution in [1.29, 1.82) is 0 Å². The SMILES string of the molecule is CC(C)[C@@H]1[C@@H](C(=O)O)CCN1C1CCCCC1. The fourth-order valence-electron chi connectivity index (χ4n) is 3.79. The minimum absolute atomic E-state index is 0.142. The van der Waals surface area contributed by atoms with Gasteiger partial charge in [0.05, 0.1) is 5.92 Å². The molecule has 0 aromatic rings. The highest BCUT2D eigenvalue weighted by Crippen LogP contribution is 2.35. The lowest BCUT2D eigenvalue weighted by Crippen LogP contribution is -2.46. The molecule has 2 fully saturated rings. The fourth-order valence-corrected chi connectivity index (χ4v) is 3.79. The Morgan fingerprint density at radius 2 is 1.82 bits per heavy atom. The average molecular weight is 239 g/mol. The summed E-state index contributed by atoms with van der Waals surface area (Å²) < 4.78 is 0. The maximum absolute atomic E-state index is 11.3. The number of rotatable bonds is 3. The molecule has 1 N–H and O–H groups in total. The Balaban J connectivity index is 2.08. The summed E-state index contributed by atoms with van der Waals surface area (Å²) in [7, 11) is 0. The summed E-state index contributed by atoms with van der Waals surface area (Å²) in [6.07, 6.45) is 7.40. The van der Waals surface area contributed by atoms with Gasteiger partial charge < -0.3 is 5.11 Å². The van der Waals surface area contributed by atoms with Crippen molar-refractivity contribution in [2.75, 3.05) is 6.54 Å². The number of aliphatic carboxylic acids is 1. The third-order valence-corrected chi connectivity index (χ3v) is 4.54. The lowest BCUT2D eigenvalue weighted by atomic mass is 9.88. The average Bonchev–Trinajstić information content (AvgIpc) is 2.74. The van der Waals surface area contributed by atoms with Crippen molar-refractivity contribution in [3.63, 3.8) is 0 Å². The number of carbonyl (C=O) groups is 1. The van der Waals surface area contributed by atoms with E-state index < -0.39 is 5.97 Å². The van der Waals surface area contributed by atoms with E-state index in [-0.39, 0.29) is 12.0 Å². The number of hydrogen-bond acceptors (Lipinski definition) is 2. The lowest BCUT2D eigenvalue weighted by molar-refractivity contribution is -0.143. The molecule has 0 aromatic carbocycles. The molecule has 1 saturated heterocycles. The van der Waals surface area contributed by atoms with Crippen LogP contribution in [0.15, 0.2) is 0 Å². The molecule has 3 heteroatoms. The second kappa shape index (κ2) is 5.38. The standard InChI is InChI=1S/C14H25NO2/c1-10(2)13-12(14(16)17)8-9-15(13)11-6-4-3-5-7-11/h10-13H,3-9H2,1-2H3,(H,16,17)/t12-,13+/m0/s1. The molecule has 0 radical (unpaired) electrons. The van der Waals surface area contributed by atoms with Crippen LogP contribution in [0, 0.1) is 11.8 Å². The third-order valence-electron chi connectivity index (χ3n) is 4.54. The van der Waals surface area contributed by atoms with Gasteiger partial charge >= 0.3 is 5.97 Å². The predicted molar refractivity (Wildman–Crippen MR) is 67.9 cm³/mol. The Hall–Kier alpha value is -0.570. The molecule has 17 heavy (non-hydrogen) atoms. The first-order valence-corrected chi connectivity index (χ1v) is 7.10. The van der Waals surface area contributed by atoms with Gasteiger partial charge in [0, 0.05) is 12.1 Å². The van der Waals surface area contributed by atoms with E-state index in [4.69, 9.17) is 0 Å². The first-order valence-electron chi connectivity index (χ1n) is 7.10. The van der Waals surface area contributed by atoms with Gasteiger partial charge in [-0.15, -0.1) is 0 Å². The van der Waals surface area contributed by atoms with Crippen LogP contribution in [0.2, 0.25) is 0 Å². The smallest absolute Gasteiger partial charge is 0.308 e. The summed E-state index contributed by atoms with van der Waals surface area (Å²) in [6, 6.07) is 0.913. The molecule has 1 heterocycles. The highest BCUT2D eigenvalue weighted by Gasteiger charge is 2.43. The van der Waals surface area contributed by atoms with Gasteiger partial charge in [0.2, 0.25) is 0 Å². The van der Waals surface area contributed by atoms with Crippen LogP contribution in [0.4, 0.5) is 0 Å². The number of carboxylic acids is 1. The van der Waals surface area contributed by atoms with Crippen LogP contribution in [0.1, 0.15) is 52.4 Å². The maximum atomic E-state index is 11.3. The number of likely N-dealkylation sites (tertiary alicyclic amines) is 1. The van der Waals surface area contributed by atoms with E-state index >= 15 is 0 Å². The number of hydrogen-bond donors (Lipinski definition) is 1. The fraction of sp³-hybridized carbons (Fsp3) is 0.929. The van der Waals surface area contributed by atoms with E-state index in [1.165, 1.54) is 32.1 Å². The summed E-state index contributed by atoms with van der Waals surface area (Å²) in [5, 5.41) is 9.32. The Bertz CT molecular complexity index is 271. The molecular weight excluding hydrogens is 214 g/mol. The molecule has 1 aliphatic heterocycles. The second-order valence-electron chi connectivity index (χ2n) is 6.00. The van der Waals surface area contributed by atoms with Crippen LogP contribution in [-0.2, 0) is 4.79 Å². The summed E-state index contributed by atoms with van der Waals surface area (Å²) in [5.74, 6) is -0.292. The zero-order valence-corrected chi connectivity index (χ0v) is 11.1. The molecule has 1 saturated carbocycles. The predicted octanol–water partition coefficient (Wildman–Crippen LogP) is 2.75. The highest BCUT2D eigenvalue weighted by atomic mass is 16.4. The normalized spacial score (nSPS) is 32.2. The van der Waals surface area contributed by atoms with Gasteiger partial charge in [0.25, 0.3) is 0 Å². The van der Waals surface area contributed by atoms with Crippen molar-refractivity contribution in [3.8, 4) is 0 Å². The molecule has 2 aliphatic rings. The summed E-state index contributed by atoms with van der Waals surface area (Å²) in [5.41, 5.74) is 0. The molecular formula is C14H25NO2. The van der Waals surface area contributed by atoms with Crippen molar-refractivity contribution in [1.82, 2.24) is 4.90 Å². The van der Waals surface area contributed by atoms with Crippen LogP contribution in [0.25, 0.3) is 0 Å². The van der Waals surface area contributed by atoms with Gasteiger partial charge in [-0.25, -0.2) is 0 Å². The monoisotopic (exact) mass is 239 g/mol. The first kappa shape index (κ1) is 12.9. The van der Waals surface area contributed by atoms with Crippen LogP contribution >= 0.6 is 0 Å². The van der Waals surface area contributed by atoms with Crippen LogP contribution in [0.5, 0.6) is 0 Å². The quantitative estimate of drug-likeness (QED) is 0.823. The molecule has 3 nitrogen and oxygen atoms in total. The van der Waals surface area contributed by atoms with Crippen molar-refractivity contribution >= 4 is 5.97 Å². The van der Waals surface area contributed by atoms with E-state index in [1.54, 1.807) is 0 Å². The molecule has 0 spiro atoms. The molecule has 0 unspecified atom stereocenters. The molecule has 0 aromatic heterocycles. The molecule has 0 amide bonds. The zero-order chi connectivity index (χ0) is 12.4. The molecule has 2 rings (SSSR count). The van der Waals surface area contributed by atoms with Gasteiger partial charge in [-0.3, -0.25) is 9.69 Å². The Labute approximate surface area is 104 Å². The highest BCUT2D eigenvalue weighted by molar-refractivity contribution is 5.71. The Kier molecular flexibility index (Phi) is 4.08. The maximum Gasteiger partial charge on any atom is 0.308 e. The summed E-state index contributed by atoms with van der Waals surface area (Å²) >= 11 is 0. The lowest BCUT2D eigenvalue weighted by Gasteiger charge is -2.38. The van der Waals surface area contributed by atoms with Gasteiger partial charge in [-0.05, 0) is 31.7 Å². The molecule has 98 valence electrons. The van der Waals surface area contributed by atoms with Crippen molar-refractivity contribution < 1.29 is 9.90 Å². The van der Waals surface area contributed by atoms with Crippen molar-refractivity contribution in [2.24, 2.45) is 11.8 Å². The third kappa shape index (κ3) is 2.65. The van der Waals surface area contributed by atoms with Crippen LogP contribution < -0.4 is 0 Å². The van der Waals surface area contributed by atoms with E-state index in [1.807, 2.05) is 0 Å². The molecule has 0 bridgehead atoms. The Morgan fingerprint density at radius 3 is 2.35 bits per heavy atom. The van der Waals surface area contributed by atoms with Gasteiger partial charge in [0.1, 0.15) is 0 Å². The first-order chi connectivity index (χ1) is 8.11. The largest absolute Gasteiger partial charge is 0.481 e. The van der Waals surface area contributed by atoms with Gasteiger partial charge in [0.15, 0.2) is 0 Å². The van der Waals surface area contributed by atoms with E-state index in [0.29, 0.717) is 12.0 Å². The Morgan fingerprint density at radius 1 is 1.18 bits per heavy atom. The summed E-state index contributed by atoms with van der Waals surface area (Å²) in [6.45, 7) is 5.33. The van der Waals surface area contributed by atoms with E-state index in [2.05, 4.69) is 18.7 Å². The minimum atomic E-state index is -0.595. The molecule has 2 atom stereocenters. The van der Waals surface area contributed by atoms with Crippen LogP contribution in [-0.4, -0.2) is 34.6 Å². The number of nitrogens with zero attached hydrogens (tertiary/aromatic N) is 1. The topological polar surface area (TPSA) is 40.5 Å². The van der Waals surface area contributed by atoms with Crippen molar-refractivity contribution in [2.45, 2.75) is 64.5 Å². The summed E-state index contributed by atoms with van der Waals surface area (Å²) in [4.78, 5) is 13.8. The van der Waals surface area contributed by atoms with E-state index in [0.717, 1.165) is 13.0 Å². The van der Waals surface area contributed by atoms with E-state index in [9.17, 15) is 9.90 Å². The van der Waals surface area contributed by atoms with Gasteiger partial charge in [-0.1, -0.05) is 33.1 Å². The number of carboxylic acid groups (broad SMARTS) is 1. The zero-order valence-electron chi connectivity index (χ0n) is 11.1. The molecule has 1 aliphatic carbocycles. The second-order valence-corrected chi connectivity index (χ2v) is 6.00. The van der Waals surface area contributed by atoms with Gasteiger partial charge in [-0.2, -0.15) is 0 Å². The van der Waals surface area contributed by atoms with Crippen LogP contribution in [0.3, 0.4) is 0 Å².